The van der Waals surface area contributed by atoms with Gasteiger partial charge in [0.05, 0.1) is 22.4 Å². The molecule has 0 spiro atoms. The molecule has 1 amide bonds. The van der Waals surface area contributed by atoms with Crippen LogP contribution in [-0.2, 0) is 19.4 Å². The van der Waals surface area contributed by atoms with Gasteiger partial charge in [-0.05, 0) is 37.5 Å². The predicted molar refractivity (Wildman–Crippen MR) is 121 cm³/mol. The number of aryl methyl sites for hydroxylation is 1. The van der Waals surface area contributed by atoms with Crippen LogP contribution in [0, 0.1) is 12.8 Å². The first-order valence-electron chi connectivity index (χ1n) is 10.8. The Hall–Kier alpha value is -3.12. The second-order valence-electron chi connectivity index (χ2n) is 8.74. The van der Waals surface area contributed by atoms with Gasteiger partial charge in [-0.3, -0.25) is 4.79 Å². The first kappa shape index (κ1) is 22.7. The number of hydrogen-bond acceptors (Lipinski definition) is 7. The van der Waals surface area contributed by atoms with E-state index in [1.54, 1.807) is 19.1 Å². The smallest absolute Gasteiger partial charge is 0.260 e. The molecule has 2 aliphatic rings. The van der Waals surface area contributed by atoms with Gasteiger partial charge in [-0.25, -0.2) is 27.2 Å². The van der Waals surface area contributed by atoms with Crippen LogP contribution in [-0.4, -0.2) is 48.1 Å². The van der Waals surface area contributed by atoms with Crippen LogP contribution in [0.15, 0.2) is 29.2 Å². The third-order valence-electron chi connectivity index (χ3n) is 5.95. The molecule has 9 nitrogen and oxygen atoms in total. The molecule has 0 bridgehead atoms. The average molecular weight is 492 g/mol. The van der Waals surface area contributed by atoms with Crippen molar-refractivity contribution in [3.63, 3.8) is 0 Å². The summed E-state index contributed by atoms with van der Waals surface area (Å²) in [6.45, 7) is 2.35. The Labute approximate surface area is 194 Å². The topological polar surface area (TPSA) is 126 Å². The Balaban J connectivity index is 1.52. The van der Waals surface area contributed by atoms with E-state index in [1.165, 1.54) is 6.07 Å². The van der Waals surface area contributed by atoms with Gasteiger partial charge in [-0.15, -0.1) is 0 Å². The largest absolute Gasteiger partial charge is 0.374 e. The second-order valence-corrected chi connectivity index (χ2v) is 10.7. The van der Waals surface area contributed by atoms with E-state index in [2.05, 4.69) is 25.6 Å². The minimum absolute atomic E-state index is 0.0334. The second kappa shape index (κ2) is 7.98. The average Bonchev–Trinajstić information content (AvgIpc) is 3.12. The van der Waals surface area contributed by atoms with Gasteiger partial charge in [0.1, 0.15) is 23.1 Å². The fraction of sp³-hybridized carbons (Fsp3) is 0.409. The molecule has 1 saturated heterocycles. The molecule has 180 valence electrons. The van der Waals surface area contributed by atoms with Crippen molar-refractivity contribution in [3.8, 4) is 0 Å². The fourth-order valence-electron chi connectivity index (χ4n) is 4.11. The standard InChI is InChI=1S/C22H23F2N5O4S/c1-11-25-19-15(9-18(28-20(19)26-11)29-21(30)13-10-22(13,23)24)27-14-6-5-12(16-4-3-7-33-16)8-17(14)34(2,31)32/h5-6,8-9,13,16H,3-4,7,10H2,1-2H3,(H3,25,26,27,28,29,30)/t13-,16+/m1/s1. The van der Waals surface area contributed by atoms with Crippen LogP contribution in [0.25, 0.3) is 11.2 Å². The number of H-pyrrole nitrogens is 1. The molecule has 1 saturated carbocycles. The van der Waals surface area contributed by atoms with Crippen LogP contribution < -0.4 is 10.6 Å². The van der Waals surface area contributed by atoms with E-state index in [0.717, 1.165) is 24.7 Å². The van der Waals surface area contributed by atoms with Crippen molar-refractivity contribution in [2.45, 2.75) is 43.1 Å². The molecule has 2 aromatic heterocycles. The van der Waals surface area contributed by atoms with Gasteiger partial charge in [0.2, 0.25) is 5.91 Å². The molecule has 1 aliphatic heterocycles. The molecule has 3 heterocycles. The van der Waals surface area contributed by atoms with E-state index in [1.807, 2.05) is 6.07 Å². The molecule has 5 rings (SSSR count). The summed E-state index contributed by atoms with van der Waals surface area (Å²) in [6, 6.07) is 6.52. The Bertz CT molecular complexity index is 1400. The summed E-state index contributed by atoms with van der Waals surface area (Å²) < 4.78 is 57.5. The highest BCUT2D eigenvalue weighted by atomic mass is 32.2. The van der Waals surface area contributed by atoms with E-state index in [-0.39, 0.29) is 22.5 Å². The number of sulfone groups is 1. The van der Waals surface area contributed by atoms with Gasteiger partial charge in [-0.2, -0.15) is 0 Å². The Morgan fingerprint density at radius 1 is 1.24 bits per heavy atom. The summed E-state index contributed by atoms with van der Waals surface area (Å²) in [4.78, 5) is 23.8. The van der Waals surface area contributed by atoms with Crippen molar-refractivity contribution in [1.29, 1.82) is 0 Å². The molecule has 34 heavy (non-hydrogen) atoms. The number of alkyl halides is 2. The van der Waals surface area contributed by atoms with E-state index < -0.39 is 34.0 Å². The zero-order valence-corrected chi connectivity index (χ0v) is 19.3. The van der Waals surface area contributed by atoms with Crippen molar-refractivity contribution >= 4 is 44.1 Å². The normalized spacial score (nSPS) is 21.5. The number of carbonyl (C=O) groups excluding carboxylic acids is 1. The summed E-state index contributed by atoms with van der Waals surface area (Å²) >= 11 is 0. The summed E-state index contributed by atoms with van der Waals surface area (Å²) in [5.74, 6) is -4.64. The number of nitrogens with one attached hydrogen (secondary N) is 3. The molecule has 1 aliphatic carbocycles. The van der Waals surface area contributed by atoms with Crippen LogP contribution >= 0.6 is 0 Å². The first-order chi connectivity index (χ1) is 16.0. The number of nitrogens with zero attached hydrogens (tertiary/aromatic N) is 2. The summed E-state index contributed by atoms with van der Waals surface area (Å²) in [5, 5.41) is 5.52. The third-order valence-corrected chi connectivity index (χ3v) is 7.09. The zero-order valence-electron chi connectivity index (χ0n) is 18.5. The lowest BCUT2D eigenvalue weighted by Gasteiger charge is -2.16. The SMILES string of the molecule is Cc1nc2nc(NC(=O)[C@H]3CC3(F)F)cc(Nc3ccc([C@@H]4CCCO4)cc3S(C)(=O)=O)c2[nH]1. The van der Waals surface area contributed by atoms with E-state index in [0.29, 0.717) is 29.3 Å². The Kier molecular flexibility index (Phi) is 5.32. The highest BCUT2D eigenvalue weighted by Crippen LogP contribution is 2.49. The van der Waals surface area contributed by atoms with Crippen LogP contribution in [0.5, 0.6) is 0 Å². The Morgan fingerprint density at radius 2 is 2.00 bits per heavy atom. The number of halogens is 2. The maximum atomic E-state index is 13.3. The number of imidazole rings is 1. The van der Waals surface area contributed by atoms with Crippen molar-refractivity contribution < 1.29 is 26.7 Å². The number of aromatic nitrogens is 3. The lowest BCUT2D eigenvalue weighted by Crippen LogP contribution is -2.18. The fourth-order valence-corrected chi connectivity index (χ4v) is 4.98. The minimum Gasteiger partial charge on any atom is -0.374 e. The highest BCUT2D eigenvalue weighted by molar-refractivity contribution is 7.90. The van der Waals surface area contributed by atoms with Crippen LogP contribution in [0.3, 0.4) is 0 Å². The predicted octanol–water partition coefficient (Wildman–Crippen LogP) is 3.86. The van der Waals surface area contributed by atoms with Crippen LogP contribution in [0.1, 0.15) is 36.8 Å². The number of rotatable bonds is 6. The van der Waals surface area contributed by atoms with Gasteiger partial charge >= 0.3 is 0 Å². The van der Waals surface area contributed by atoms with E-state index in [4.69, 9.17) is 4.74 Å². The number of carbonyl (C=O) groups is 1. The lowest BCUT2D eigenvalue weighted by atomic mass is 10.1. The monoisotopic (exact) mass is 491 g/mol. The molecule has 2 atom stereocenters. The quantitative estimate of drug-likeness (QED) is 0.478. The number of anilines is 3. The number of pyridine rings is 1. The van der Waals surface area contributed by atoms with Gasteiger partial charge in [-0.1, -0.05) is 6.07 Å². The molecular formula is C22H23F2N5O4S. The highest BCUT2D eigenvalue weighted by Gasteiger charge is 2.61. The maximum Gasteiger partial charge on any atom is 0.260 e. The molecule has 2 fully saturated rings. The molecule has 3 N–H and O–H groups in total. The number of aromatic amines is 1. The first-order valence-corrected chi connectivity index (χ1v) is 12.7. The van der Waals surface area contributed by atoms with Gasteiger partial charge in [0.25, 0.3) is 5.92 Å². The molecular weight excluding hydrogens is 468 g/mol. The van der Waals surface area contributed by atoms with Crippen LogP contribution in [0.4, 0.5) is 26.0 Å². The van der Waals surface area contributed by atoms with Crippen molar-refractivity contribution in [1.82, 2.24) is 15.0 Å². The van der Waals surface area contributed by atoms with Gasteiger partial charge in [0.15, 0.2) is 15.5 Å². The van der Waals surface area contributed by atoms with Crippen molar-refractivity contribution in [2.75, 3.05) is 23.5 Å². The number of benzene rings is 1. The Morgan fingerprint density at radius 3 is 2.65 bits per heavy atom. The molecule has 12 heteroatoms. The van der Waals surface area contributed by atoms with Crippen LogP contribution in [0.2, 0.25) is 0 Å². The maximum absolute atomic E-state index is 13.3. The molecule has 3 aromatic rings. The molecule has 0 unspecified atom stereocenters. The minimum atomic E-state index is -3.61. The molecule has 0 radical (unpaired) electrons. The van der Waals surface area contributed by atoms with E-state index >= 15 is 0 Å². The zero-order chi connectivity index (χ0) is 24.3. The number of hydrogen-bond donors (Lipinski definition) is 3. The summed E-state index contributed by atoms with van der Waals surface area (Å²) in [5.41, 5.74) is 2.21. The summed E-state index contributed by atoms with van der Waals surface area (Å²) in [6.07, 6.45) is 2.20. The molecule has 1 aromatic carbocycles. The number of ether oxygens (including phenoxy) is 1. The van der Waals surface area contributed by atoms with Crippen molar-refractivity contribution in [3.05, 3.63) is 35.7 Å². The van der Waals surface area contributed by atoms with Gasteiger partial charge < -0.3 is 20.4 Å². The number of amides is 1. The number of fused-ring (bicyclic) bond motifs is 1. The van der Waals surface area contributed by atoms with Gasteiger partial charge in [0, 0.05) is 25.3 Å². The van der Waals surface area contributed by atoms with Crippen molar-refractivity contribution in [2.24, 2.45) is 5.92 Å². The lowest BCUT2D eigenvalue weighted by molar-refractivity contribution is -0.119. The van der Waals surface area contributed by atoms with E-state index in [9.17, 15) is 22.0 Å². The third kappa shape index (κ3) is 4.34. The summed E-state index contributed by atoms with van der Waals surface area (Å²) in [7, 11) is -3.61.